The van der Waals surface area contributed by atoms with Gasteiger partial charge in [0.25, 0.3) is 0 Å². The first-order valence-corrected chi connectivity index (χ1v) is 9.88. The highest BCUT2D eigenvalue weighted by molar-refractivity contribution is 5.96. The molecule has 7 nitrogen and oxygen atoms in total. The lowest BCUT2D eigenvalue weighted by Gasteiger charge is -2.42. The number of carboxylic acid groups (broad SMARTS) is 1. The summed E-state index contributed by atoms with van der Waals surface area (Å²) in [5.74, 6) is -0.212. The van der Waals surface area contributed by atoms with E-state index in [2.05, 4.69) is 4.98 Å². The number of hydrogen-bond donors (Lipinski definition) is 2. The molecule has 2 N–H and O–H groups in total. The fourth-order valence-electron chi connectivity index (χ4n) is 5.18. The van der Waals surface area contributed by atoms with E-state index >= 15 is 0 Å². The van der Waals surface area contributed by atoms with Crippen LogP contribution < -0.4 is 9.47 Å². The zero-order chi connectivity index (χ0) is 21.0. The van der Waals surface area contributed by atoms with Gasteiger partial charge in [0.15, 0.2) is 17.0 Å². The largest absolute Gasteiger partial charge is 0.493 e. The monoisotopic (exact) mass is 406 g/mol. The number of nitrogens with zero attached hydrogens (tertiary/aromatic N) is 1. The molecule has 1 saturated heterocycles. The van der Waals surface area contributed by atoms with Crippen LogP contribution in [0.4, 0.5) is 0 Å². The van der Waals surface area contributed by atoms with Gasteiger partial charge in [-0.3, -0.25) is 4.79 Å². The summed E-state index contributed by atoms with van der Waals surface area (Å²) in [6, 6.07) is 13.4. The van der Waals surface area contributed by atoms with Crippen molar-refractivity contribution in [1.29, 1.82) is 0 Å². The van der Waals surface area contributed by atoms with Gasteiger partial charge in [-0.2, -0.15) is 0 Å². The lowest BCUT2D eigenvalue weighted by molar-refractivity contribution is -0.156. The Morgan fingerprint density at radius 1 is 1.17 bits per heavy atom. The molecule has 0 bridgehead atoms. The maximum absolute atomic E-state index is 12.8. The fourth-order valence-corrected chi connectivity index (χ4v) is 5.18. The standard InChI is InChI=1S/C23H22N2O5/c1-29-17-9-5-7-13(20(17)30-2)15-12-25-18(26)10-11-23(25,22(27)28)21-19(15)14-6-3-4-8-16(14)24-21/h3-9,15,24H,10-12H2,1-2H3,(H,27,28)/t15-,23+/m0/s1. The van der Waals surface area contributed by atoms with Crippen molar-refractivity contribution < 1.29 is 24.2 Å². The summed E-state index contributed by atoms with van der Waals surface area (Å²) in [6.07, 6.45) is 0.464. The van der Waals surface area contributed by atoms with Crippen LogP contribution in [-0.2, 0) is 15.1 Å². The van der Waals surface area contributed by atoms with Gasteiger partial charge in [0.1, 0.15) is 0 Å². The Balaban J connectivity index is 1.84. The molecule has 0 spiro atoms. The summed E-state index contributed by atoms with van der Waals surface area (Å²) in [4.78, 5) is 30.2. The number of methoxy groups -OCH3 is 2. The van der Waals surface area contributed by atoms with E-state index in [1.54, 1.807) is 14.2 Å². The highest BCUT2D eigenvalue weighted by Gasteiger charge is 2.58. The number of nitrogens with one attached hydrogen (secondary N) is 1. The SMILES string of the molecule is COc1cccc([C@@H]2CN3C(=O)CC[C@]3(C(=O)O)c3[nH]c4ccccc4c32)c1OC. The number of carbonyl (C=O) groups excluding carboxylic acids is 1. The van der Waals surface area contributed by atoms with Gasteiger partial charge in [0, 0.05) is 35.3 Å². The van der Waals surface area contributed by atoms with Crippen LogP contribution in [0, 0.1) is 0 Å². The van der Waals surface area contributed by atoms with Crippen molar-refractivity contribution in [3.63, 3.8) is 0 Å². The molecule has 5 rings (SSSR count). The summed E-state index contributed by atoms with van der Waals surface area (Å²) in [5.41, 5.74) is 1.85. The van der Waals surface area contributed by atoms with Crippen LogP contribution in [0.2, 0.25) is 0 Å². The minimum Gasteiger partial charge on any atom is -0.493 e. The smallest absolute Gasteiger partial charge is 0.335 e. The number of ether oxygens (including phenoxy) is 2. The van der Waals surface area contributed by atoms with E-state index in [0.29, 0.717) is 17.2 Å². The van der Waals surface area contributed by atoms with E-state index in [4.69, 9.17) is 9.47 Å². The first-order valence-electron chi connectivity index (χ1n) is 9.88. The lowest BCUT2D eigenvalue weighted by Crippen LogP contribution is -2.54. The predicted molar refractivity (Wildman–Crippen MR) is 110 cm³/mol. The van der Waals surface area contributed by atoms with Crippen molar-refractivity contribution in [2.24, 2.45) is 0 Å². The third-order valence-electron chi connectivity index (χ3n) is 6.50. The van der Waals surface area contributed by atoms with Gasteiger partial charge in [0.05, 0.1) is 19.9 Å². The highest BCUT2D eigenvalue weighted by atomic mass is 16.5. The molecular weight excluding hydrogens is 384 g/mol. The van der Waals surface area contributed by atoms with Crippen molar-refractivity contribution >= 4 is 22.8 Å². The van der Waals surface area contributed by atoms with E-state index in [1.807, 2.05) is 42.5 Å². The summed E-state index contributed by atoms with van der Waals surface area (Å²) < 4.78 is 11.2. The Morgan fingerprint density at radius 2 is 1.97 bits per heavy atom. The van der Waals surface area contributed by atoms with Gasteiger partial charge < -0.3 is 24.5 Å². The van der Waals surface area contributed by atoms with Crippen molar-refractivity contribution in [3.8, 4) is 11.5 Å². The fraction of sp³-hybridized carbons (Fsp3) is 0.304. The molecule has 2 atom stereocenters. The second-order valence-electron chi connectivity index (χ2n) is 7.76. The van der Waals surface area contributed by atoms with Crippen molar-refractivity contribution in [2.75, 3.05) is 20.8 Å². The van der Waals surface area contributed by atoms with E-state index in [-0.39, 0.29) is 31.2 Å². The predicted octanol–water partition coefficient (Wildman–Crippen LogP) is 3.23. The Labute approximate surface area is 173 Å². The van der Waals surface area contributed by atoms with Crippen LogP contribution in [0.1, 0.15) is 35.6 Å². The molecular formula is C23H22N2O5. The van der Waals surface area contributed by atoms with Crippen molar-refractivity contribution in [3.05, 3.63) is 59.3 Å². The molecule has 7 heteroatoms. The molecule has 2 aliphatic rings. The maximum Gasteiger partial charge on any atom is 0.335 e. The number of benzene rings is 2. The molecule has 30 heavy (non-hydrogen) atoms. The average Bonchev–Trinajstić information content (AvgIpc) is 3.31. The number of carbonyl (C=O) groups is 2. The van der Waals surface area contributed by atoms with Gasteiger partial charge in [-0.05, 0) is 24.1 Å². The highest BCUT2D eigenvalue weighted by Crippen LogP contribution is 2.52. The number of aliphatic carboxylic acids is 1. The van der Waals surface area contributed by atoms with E-state index < -0.39 is 11.5 Å². The molecule has 3 aromatic rings. The van der Waals surface area contributed by atoms with Gasteiger partial charge >= 0.3 is 5.97 Å². The molecule has 0 unspecified atom stereocenters. The number of carboxylic acids is 1. The summed E-state index contributed by atoms with van der Waals surface area (Å²) in [7, 11) is 3.17. The van der Waals surface area contributed by atoms with E-state index in [0.717, 1.165) is 22.0 Å². The van der Waals surface area contributed by atoms with Crippen LogP contribution in [0.5, 0.6) is 11.5 Å². The second-order valence-corrected chi connectivity index (χ2v) is 7.76. The van der Waals surface area contributed by atoms with E-state index in [1.165, 1.54) is 4.90 Å². The molecule has 1 amide bonds. The summed E-state index contributed by atoms with van der Waals surface area (Å²) in [6.45, 7) is 0.267. The second kappa shape index (κ2) is 6.52. The Morgan fingerprint density at radius 3 is 2.70 bits per heavy atom. The molecule has 0 radical (unpaired) electrons. The lowest BCUT2D eigenvalue weighted by atomic mass is 9.77. The Hall–Kier alpha value is -3.48. The molecule has 0 saturated carbocycles. The summed E-state index contributed by atoms with van der Waals surface area (Å²) >= 11 is 0. The van der Waals surface area contributed by atoms with Gasteiger partial charge in [-0.25, -0.2) is 4.79 Å². The summed E-state index contributed by atoms with van der Waals surface area (Å²) in [5, 5.41) is 11.2. The van der Waals surface area contributed by atoms with Crippen LogP contribution in [0.3, 0.4) is 0 Å². The van der Waals surface area contributed by atoms with Gasteiger partial charge in [0.2, 0.25) is 5.91 Å². The van der Waals surface area contributed by atoms with Gasteiger partial charge in [-0.15, -0.1) is 0 Å². The third-order valence-corrected chi connectivity index (χ3v) is 6.50. The number of amides is 1. The molecule has 3 heterocycles. The first kappa shape index (κ1) is 18.5. The number of H-pyrrole nitrogens is 1. The minimum absolute atomic E-state index is 0.145. The zero-order valence-corrected chi connectivity index (χ0v) is 16.8. The van der Waals surface area contributed by atoms with Crippen LogP contribution in [-0.4, -0.2) is 47.6 Å². The number of fused-ring (bicyclic) bond motifs is 5. The van der Waals surface area contributed by atoms with Crippen LogP contribution >= 0.6 is 0 Å². The average molecular weight is 406 g/mol. The third kappa shape index (κ3) is 2.26. The Kier molecular flexibility index (Phi) is 4.03. The molecule has 1 fully saturated rings. The minimum atomic E-state index is -1.37. The number of aromatic amines is 1. The topological polar surface area (TPSA) is 91.9 Å². The molecule has 2 aromatic carbocycles. The van der Waals surface area contributed by atoms with Crippen LogP contribution in [0.15, 0.2) is 42.5 Å². The first-order chi connectivity index (χ1) is 14.5. The normalized spacial score (nSPS) is 22.7. The Bertz CT molecular complexity index is 1180. The quantitative estimate of drug-likeness (QED) is 0.694. The van der Waals surface area contributed by atoms with Crippen LogP contribution in [0.25, 0.3) is 10.9 Å². The maximum atomic E-state index is 12.8. The molecule has 2 aliphatic heterocycles. The van der Waals surface area contributed by atoms with Crippen molar-refractivity contribution in [1.82, 2.24) is 9.88 Å². The molecule has 154 valence electrons. The molecule has 1 aromatic heterocycles. The zero-order valence-electron chi connectivity index (χ0n) is 16.8. The number of hydrogen-bond acceptors (Lipinski definition) is 4. The molecule has 0 aliphatic carbocycles. The van der Waals surface area contributed by atoms with Gasteiger partial charge in [-0.1, -0.05) is 30.3 Å². The number of rotatable bonds is 4. The number of para-hydroxylation sites is 2. The van der Waals surface area contributed by atoms with E-state index in [9.17, 15) is 14.7 Å². The number of aromatic nitrogens is 1. The van der Waals surface area contributed by atoms with Crippen molar-refractivity contribution in [2.45, 2.75) is 24.3 Å².